The molecular formula is C20H30N4O2. The van der Waals surface area contributed by atoms with Crippen LogP contribution < -0.4 is 0 Å². The molecule has 0 unspecified atom stereocenters. The Morgan fingerprint density at radius 3 is 1.31 bits per heavy atom. The summed E-state index contributed by atoms with van der Waals surface area (Å²) in [4.78, 5) is 16.7. The molecule has 0 fully saturated rings. The summed E-state index contributed by atoms with van der Waals surface area (Å²) in [5.74, 6) is 1.71. The molecule has 2 heterocycles. The third-order valence-corrected chi connectivity index (χ3v) is 4.01. The first-order chi connectivity index (χ1) is 12.9. The normalized spacial score (nSPS) is 10.9. The predicted octanol–water partition coefficient (Wildman–Crippen LogP) is 3.43. The van der Waals surface area contributed by atoms with Crippen molar-refractivity contribution in [2.24, 2.45) is 0 Å². The van der Waals surface area contributed by atoms with Crippen LogP contribution in [0.2, 0.25) is 0 Å². The van der Waals surface area contributed by atoms with Crippen LogP contribution in [-0.4, -0.2) is 46.4 Å². The zero-order valence-corrected chi connectivity index (χ0v) is 15.6. The molecule has 0 bridgehead atoms. The zero-order chi connectivity index (χ0) is 18.1. The lowest BCUT2D eigenvalue weighted by atomic mass is 10.1. The van der Waals surface area contributed by atoms with Crippen molar-refractivity contribution in [2.75, 3.05) is 26.4 Å². The second kappa shape index (κ2) is 14.3. The highest BCUT2D eigenvalue weighted by molar-refractivity contribution is 4.88. The van der Waals surface area contributed by atoms with E-state index in [1.54, 1.807) is 24.8 Å². The van der Waals surface area contributed by atoms with Crippen LogP contribution in [0.3, 0.4) is 0 Å². The van der Waals surface area contributed by atoms with E-state index in [4.69, 9.17) is 9.47 Å². The Bertz CT molecular complexity index is 503. The van der Waals surface area contributed by atoms with Gasteiger partial charge in [0.25, 0.3) is 0 Å². The quantitative estimate of drug-likeness (QED) is 0.454. The third-order valence-electron chi connectivity index (χ3n) is 4.01. The molecule has 0 radical (unpaired) electrons. The maximum atomic E-state index is 5.64. The van der Waals surface area contributed by atoms with E-state index in [-0.39, 0.29) is 0 Å². The van der Waals surface area contributed by atoms with E-state index in [0.717, 1.165) is 50.5 Å². The summed E-state index contributed by atoms with van der Waals surface area (Å²) >= 11 is 0. The molecule has 0 saturated carbocycles. The molecule has 0 atom stereocenters. The molecule has 2 rings (SSSR count). The van der Waals surface area contributed by atoms with Crippen molar-refractivity contribution < 1.29 is 9.47 Å². The molecule has 0 amide bonds. The Morgan fingerprint density at radius 1 is 0.500 bits per heavy atom. The number of hydrogen-bond acceptors (Lipinski definition) is 6. The van der Waals surface area contributed by atoms with Gasteiger partial charge in [-0.05, 0) is 25.0 Å². The monoisotopic (exact) mass is 358 g/mol. The van der Waals surface area contributed by atoms with Gasteiger partial charge in [0.15, 0.2) is 0 Å². The minimum atomic E-state index is 0.704. The summed E-state index contributed by atoms with van der Waals surface area (Å²) in [6, 6.07) is 3.66. The maximum absolute atomic E-state index is 5.64. The van der Waals surface area contributed by atoms with Crippen molar-refractivity contribution in [1.29, 1.82) is 0 Å². The predicted molar refractivity (Wildman–Crippen MR) is 101 cm³/mol. The molecule has 0 aliphatic carbocycles. The molecule has 2 aromatic heterocycles. The number of rotatable bonds is 15. The Kier molecular flexibility index (Phi) is 11.2. The fraction of sp³-hybridized carbons (Fsp3) is 0.600. The zero-order valence-electron chi connectivity index (χ0n) is 15.6. The van der Waals surface area contributed by atoms with E-state index < -0.39 is 0 Å². The Labute approximate surface area is 156 Å². The van der Waals surface area contributed by atoms with Gasteiger partial charge >= 0.3 is 0 Å². The van der Waals surface area contributed by atoms with Crippen LogP contribution in [0.15, 0.2) is 36.9 Å². The van der Waals surface area contributed by atoms with Crippen LogP contribution in [0.4, 0.5) is 0 Å². The number of nitrogens with zero attached hydrogens (tertiary/aromatic N) is 4. The largest absolute Gasteiger partial charge is 0.381 e. The summed E-state index contributed by atoms with van der Waals surface area (Å²) in [5.41, 5.74) is 0. The SMILES string of the molecule is c1cnc(CCOCCCCCCCCOCCc2ncccn2)nc1. The molecule has 6 heteroatoms. The summed E-state index contributed by atoms with van der Waals surface area (Å²) in [6.45, 7) is 3.07. The Morgan fingerprint density at radius 2 is 0.885 bits per heavy atom. The molecule has 26 heavy (non-hydrogen) atoms. The van der Waals surface area contributed by atoms with Crippen molar-refractivity contribution in [3.63, 3.8) is 0 Å². The van der Waals surface area contributed by atoms with Crippen molar-refractivity contribution >= 4 is 0 Å². The molecule has 0 aliphatic rings. The van der Waals surface area contributed by atoms with Gasteiger partial charge in [0.1, 0.15) is 11.6 Å². The number of hydrogen-bond donors (Lipinski definition) is 0. The van der Waals surface area contributed by atoms with Crippen LogP contribution in [0, 0.1) is 0 Å². The summed E-state index contributed by atoms with van der Waals surface area (Å²) in [5, 5.41) is 0. The molecule has 0 saturated heterocycles. The van der Waals surface area contributed by atoms with Gasteiger partial charge in [0, 0.05) is 50.8 Å². The summed E-state index contributed by atoms with van der Waals surface area (Å²) in [6.07, 6.45) is 15.9. The first kappa shape index (κ1) is 20.4. The average molecular weight is 358 g/mol. The van der Waals surface area contributed by atoms with E-state index in [1.807, 2.05) is 12.1 Å². The minimum absolute atomic E-state index is 0.704. The van der Waals surface area contributed by atoms with Crippen LogP contribution in [-0.2, 0) is 22.3 Å². The van der Waals surface area contributed by atoms with Gasteiger partial charge in [-0.2, -0.15) is 0 Å². The number of aromatic nitrogens is 4. The Balaban J connectivity index is 1.28. The highest BCUT2D eigenvalue weighted by Gasteiger charge is 1.97. The lowest BCUT2D eigenvalue weighted by Gasteiger charge is -2.05. The first-order valence-electron chi connectivity index (χ1n) is 9.62. The second-order valence-corrected chi connectivity index (χ2v) is 6.18. The molecule has 0 N–H and O–H groups in total. The average Bonchev–Trinajstić information content (AvgIpc) is 2.70. The van der Waals surface area contributed by atoms with Gasteiger partial charge in [-0.15, -0.1) is 0 Å². The van der Waals surface area contributed by atoms with Crippen LogP contribution in [0.25, 0.3) is 0 Å². The smallest absolute Gasteiger partial charge is 0.130 e. The highest BCUT2D eigenvalue weighted by atomic mass is 16.5. The minimum Gasteiger partial charge on any atom is -0.381 e. The summed E-state index contributed by atoms with van der Waals surface area (Å²) < 4.78 is 11.3. The number of ether oxygens (including phenoxy) is 2. The fourth-order valence-corrected chi connectivity index (χ4v) is 2.56. The highest BCUT2D eigenvalue weighted by Crippen LogP contribution is 2.06. The van der Waals surface area contributed by atoms with Gasteiger partial charge in [0.05, 0.1) is 13.2 Å². The van der Waals surface area contributed by atoms with Crippen LogP contribution >= 0.6 is 0 Å². The van der Waals surface area contributed by atoms with Gasteiger partial charge in [0.2, 0.25) is 0 Å². The lowest BCUT2D eigenvalue weighted by molar-refractivity contribution is 0.129. The van der Waals surface area contributed by atoms with E-state index in [0.29, 0.717) is 13.2 Å². The van der Waals surface area contributed by atoms with Gasteiger partial charge in [-0.3, -0.25) is 0 Å². The van der Waals surface area contributed by atoms with Gasteiger partial charge in [-0.25, -0.2) is 19.9 Å². The van der Waals surface area contributed by atoms with Crippen molar-refractivity contribution in [1.82, 2.24) is 19.9 Å². The van der Waals surface area contributed by atoms with E-state index in [9.17, 15) is 0 Å². The van der Waals surface area contributed by atoms with Crippen molar-refractivity contribution in [3.05, 3.63) is 48.6 Å². The summed E-state index contributed by atoms with van der Waals surface area (Å²) in [7, 11) is 0. The fourth-order valence-electron chi connectivity index (χ4n) is 2.56. The second-order valence-electron chi connectivity index (χ2n) is 6.18. The van der Waals surface area contributed by atoms with Crippen molar-refractivity contribution in [3.8, 4) is 0 Å². The standard InChI is InChI=1S/C20H30N4O2/c1(3-5-15-25-17-9-19-21-11-7-12-22-19)2-4-6-16-26-18-10-20-23-13-8-14-24-20/h7-8,11-14H,1-6,9-10,15-18H2. The lowest BCUT2D eigenvalue weighted by Crippen LogP contribution is -2.03. The molecule has 0 spiro atoms. The van der Waals surface area contributed by atoms with Crippen LogP contribution in [0.1, 0.15) is 50.2 Å². The Hall–Kier alpha value is -1.92. The third kappa shape index (κ3) is 10.2. The molecule has 0 aliphatic heterocycles. The van der Waals surface area contributed by atoms with Gasteiger partial charge < -0.3 is 9.47 Å². The molecule has 0 aromatic carbocycles. The topological polar surface area (TPSA) is 70.0 Å². The molecule has 6 nitrogen and oxygen atoms in total. The van der Waals surface area contributed by atoms with Crippen LogP contribution in [0.5, 0.6) is 0 Å². The van der Waals surface area contributed by atoms with E-state index >= 15 is 0 Å². The van der Waals surface area contributed by atoms with E-state index in [2.05, 4.69) is 19.9 Å². The van der Waals surface area contributed by atoms with E-state index in [1.165, 1.54) is 25.7 Å². The molecule has 142 valence electrons. The molecule has 2 aromatic rings. The van der Waals surface area contributed by atoms with Gasteiger partial charge in [-0.1, -0.05) is 25.7 Å². The number of unbranched alkanes of at least 4 members (excludes halogenated alkanes) is 5. The molecular weight excluding hydrogens is 328 g/mol. The maximum Gasteiger partial charge on any atom is 0.130 e. The first-order valence-corrected chi connectivity index (χ1v) is 9.62. The van der Waals surface area contributed by atoms with Crippen molar-refractivity contribution in [2.45, 2.75) is 51.4 Å².